The zero-order valence-corrected chi connectivity index (χ0v) is 13.1. The third kappa shape index (κ3) is 3.35. The van der Waals surface area contributed by atoms with Gasteiger partial charge in [0.25, 0.3) is 0 Å². The standard InChI is InChI=1S/C17H13NO.Eu/c19-17(18-14-9-2-1-3-10-14)16-12-6-8-13-7-4-5-11-15(13)16;/h1-12H,(H,18,19);/p-1. The van der Waals surface area contributed by atoms with Crippen LogP contribution in [0.1, 0.15) is 10.4 Å². The molecule has 0 fully saturated rings. The van der Waals surface area contributed by atoms with Crippen molar-refractivity contribution >= 4 is 22.4 Å². The summed E-state index contributed by atoms with van der Waals surface area (Å²) in [5.41, 5.74) is 1.32. The summed E-state index contributed by atoms with van der Waals surface area (Å²) in [4.78, 5) is 12.3. The second kappa shape index (κ2) is 7.12. The minimum Gasteiger partial charge on any atom is -0.623 e. The van der Waals surface area contributed by atoms with Crippen LogP contribution in [-0.2, 0) is 0 Å². The second-order valence-electron chi connectivity index (χ2n) is 4.28. The minimum atomic E-state index is -0.206. The molecule has 0 bridgehead atoms. The molecule has 3 rings (SSSR count). The van der Waals surface area contributed by atoms with Crippen molar-refractivity contribution in [1.82, 2.24) is 0 Å². The fraction of sp³-hybridized carbons (Fsp3) is 0. The number of nitrogens with zero attached hydrogens (tertiary/aromatic N) is 1. The van der Waals surface area contributed by atoms with E-state index in [9.17, 15) is 4.79 Å². The average Bonchev–Trinajstić information content (AvgIpc) is 2.47. The predicted octanol–water partition coefficient (Wildman–Crippen LogP) is 4.69. The summed E-state index contributed by atoms with van der Waals surface area (Å²) in [5.74, 6) is -0.206. The monoisotopic (exact) mass is 399 g/mol. The van der Waals surface area contributed by atoms with Gasteiger partial charge in [-0.3, -0.25) is 0 Å². The van der Waals surface area contributed by atoms with E-state index in [1.54, 1.807) is 0 Å². The molecule has 0 aliphatic carbocycles. The molecule has 3 aromatic rings. The van der Waals surface area contributed by atoms with E-state index in [1.807, 2.05) is 72.8 Å². The number of hydrogen-bond donors (Lipinski definition) is 0. The molecule has 99 valence electrons. The second-order valence-corrected chi connectivity index (χ2v) is 4.28. The molecule has 0 unspecified atom stereocenters. The molecule has 1 radical (unpaired) electrons. The first-order valence-electron chi connectivity index (χ1n) is 6.13. The fourth-order valence-electron chi connectivity index (χ4n) is 2.09. The summed E-state index contributed by atoms with van der Waals surface area (Å²) in [6.45, 7) is 0. The van der Waals surface area contributed by atoms with Crippen LogP contribution in [0.4, 0.5) is 5.69 Å². The van der Waals surface area contributed by atoms with Crippen molar-refractivity contribution < 1.29 is 54.2 Å². The number of fused-ring (bicyclic) bond motifs is 1. The van der Waals surface area contributed by atoms with Crippen LogP contribution in [0.25, 0.3) is 16.1 Å². The van der Waals surface area contributed by atoms with E-state index in [0.29, 0.717) is 11.3 Å². The van der Waals surface area contributed by atoms with Gasteiger partial charge in [-0.05, 0) is 10.8 Å². The molecule has 0 aliphatic rings. The molecular formula is C17H12EuNO-. The van der Waals surface area contributed by atoms with Gasteiger partial charge in [-0.25, -0.2) is 0 Å². The first-order chi connectivity index (χ1) is 9.34. The molecule has 0 aliphatic heterocycles. The zero-order chi connectivity index (χ0) is 13.1. The van der Waals surface area contributed by atoms with Crippen molar-refractivity contribution in [2.45, 2.75) is 0 Å². The minimum absolute atomic E-state index is 0. The van der Waals surface area contributed by atoms with Gasteiger partial charge in [-0.15, -0.1) is 5.69 Å². The molecule has 0 saturated heterocycles. The van der Waals surface area contributed by atoms with Crippen molar-refractivity contribution in [3.63, 3.8) is 0 Å². The molecule has 2 nitrogen and oxygen atoms in total. The normalized spacial score (nSPS) is 9.80. The Kier molecular flexibility index (Phi) is 5.47. The third-order valence-electron chi connectivity index (χ3n) is 3.01. The third-order valence-corrected chi connectivity index (χ3v) is 3.01. The van der Waals surface area contributed by atoms with E-state index >= 15 is 0 Å². The maximum atomic E-state index is 12.3. The van der Waals surface area contributed by atoms with Gasteiger partial charge in [0.2, 0.25) is 0 Å². The van der Waals surface area contributed by atoms with E-state index in [4.69, 9.17) is 0 Å². The summed E-state index contributed by atoms with van der Waals surface area (Å²) in [5, 5.41) is 6.13. The molecule has 0 aromatic heterocycles. The Morgan fingerprint density at radius 1 is 0.750 bits per heavy atom. The summed E-state index contributed by atoms with van der Waals surface area (Å²) in [6, 6.07) is 22.8. The van der Waals surface area contributed by atoms with Crippen molar-refractivity contribution in [2.24, 2.45) is 0 Å². The molecule has 0 N–H and O–H groups in total. The molecule has 1 amide bonds. The van der Waals surface area contributed by atoms with Crippen molar-refractivity contribution in [1.29, 1.82) is 0 Å². The first-order valence-corrected chi connectivity index (χ1v) is 6.13. The van der Waals surface area contributed by atoms with Gasteiger partial charge >= 0.3 is 0 Å². The van der Waals surface area contributed by atoms with Crippen molar-refractivity contribution in [3.05, 3.63) is 83.7 Å². The van der Waals surface area contributed by atoms with Crippen molar-refractivity contribution in [2.75, 3.05) is 0 Å². The Balaban J connectivity index is 0.00000147. The summed E-state index contributed by atoms with van der Waals surface area (Å²) >= 11 is 0. The SMILES string of the molecule is O=C([N-]c1ccccc1)c1cccc2ccccc12.[Eu]. The molecule has 0 atom stereocenters. The van der Waals surface area contributed by atoms with Crippen LogP contribution in [-0.4, -0.2) is 5.91 Å². The smallest absolute Gasteiger partial charge is 0.0859 e. The van der Waals surface area contributed by atoms with Crippen LogP contribution in [0.3, 0.4) is 0 Å². The maximum absolute atomic E-state index is 12.3. The van der Waals surface area contributed by atoms with E-state index in [0.717, 1.165) is 10.8 Å². The molecule has 3 aromatic carbocycles. The maximum Gasteiger partial charge on any atom is 0.0859 e. The summed E-state index contributed by atoms with van der Waals surface area (Å²) in [7, 11) is 0. The van der Waals surface area contributed by atoms with Crippen LogP contribution >= 0.6 is 0 Å². The number of hydrogen-bond acceptors (Lipinski definition) is 1. The molecule has 0 heterocycles. The summed E-state index contributed by atoms with van der Waals surface area (Å²) < 4.78 is 0. The largest absolute Gasteiger partial charge is 0.623 e. The Hall–Kier alpha value is -1.03. The average molecular weight is 398 g/mol. The Morgan fingerprint density at radius 3 is 2.20 bits per heavy atom. The predicted molar refractivity (Wildman–Crippen MR) is 77.7 cm³/mol. The van der Waals surface area contributed by atoms with Crippen LogP contribution < -0.4 is 0 Å². The van der Waals surface area contributed by atoms with E-state index in [1.165, 1.54) is 0 Å². The van der Waals surface area contributed by atoms with Gasteiger partial charge in [0.05, 0.1) is 5.91 Å². The molecule has 0 spiro atoms. The molecule has 3 heteroatoms. The Labute approximate surface area is 158 Å². The first kappa shape index (κ1) is 15.4. The van der Waals surface area contributed by atoms with Crippen LogP contribution in [0.5, 0.6) is 0 Å². The molecule has 20 heavy (non-hydrogen) atoms. The zero-order valence-electron chi connectivity index (χ0n) is 10.7. The van der Waals surface area contributed by atoms with E-state index < -0.39 is 0 Å². The van der Waals surface area contributed by atoms with Gasteiger partial charge in [-0.2, -0.15) is 0 Å². The van der Waals surface area contributed by atoms with Gasteiger partial charge in [0, 0.05) is 54.9 Å². The Morgan fingerprint density at radius 2 is 1.40 bits per heavy atom. The number of benzene rings is 3. The van der Waals surface area contributed by atoms with Crippen LogP contribution in [0.15, 0.2) is 72.8 Å². The van der Waals surface area contributed by atoms with Crippen molar-refractivity contribution in [3.8, 4) is 0 Å². The quantitative estimate of drug-likeness (QED) is 0.617. The van der Waals surface area contributed by atoms with E-state index in [2.05, 4.69) is 5.32 Å². The van der Waals surface area contributed by atoms with Gasteiger partial charge in [-0.1, -0.05) is 72.8 Å². The summed E-state index contributed by atoms with van der Waals surface area (Å²) in [6.07, 6.45) is 0. The molecular weight excluding hydrogens is 386 g/mol. The van der Waals surface area contributed by atoms with Gasteiger partial charge < -0.3 is 10.1 Å². The van der Waals surface area contributed by atoms with Crippen LogP contribution in [0.2, 0.25) is 0 Å². The molecule has 0 saturated carbocycles. The number of para-hydroxylation sites is 1. The fourth-order valence-corrected chi connectivity index (χ4v) is 2.09. The number of carbonyl (C=O) groups is 1. The van der Waals surface area contributed by atoms with Gasteiger partial charge in [0.1, 0.15) is 0 Å². The topological polar surface area (TPSA) is 31.2 Å². The number of amides is 1. The van der Waals surface area contributed by atoms with E-state index in [-0.39, 0.29) is 55.3 Å². The number of rotatable bonds is 2. The van der Waals surface area contributed by atoms with Crippen LogP contribution in [0, 0.1) is 49.4 Å². The Bertz CT molecular complexity index is 720. The number of carbonyl (C=O) groups excluding carboxylic acids is 1. The van der Waals surface area contributed by atoms with Gasteiger partial charge in [0.15, 0.2) is 0 Å².